The summed E-state index contributed by atoms with van der Waals surface area (Å²) >= 11 is 0. The van der Waals surface area contributed by atoms with E-state index in [1.54, 1.807) is 14.0 Å². The number of aromatic nitrogens is 4. The molecule has 2 aromatic rings. The number of carboxylic acids is 1. The van der Waals surface area contributed by atoms with Gasteiger partial charge in [-0.2, -0.15) is 10.1 Å². The van der Waals surface area contributed by atoms with Gasteiger partial charge < -0.3 is 14.9 Å². The lowest BCUT2D eigenvalue weighted by atomic mass is 10.2. The van der Waals surface area contributed by atoms with Crippen molar-refractivity contribution >= 4 is 5.97 Å². The number of carboxylic acid groups (broad SMARTS) is 1. The molecule has 0 atom stereocenters. The van der Waals surface area contributed by atoms with Gasteiger partial charge in [-0.3, -0.25) is 4.68 Å². The number of aromatic carboxylic acids is 1. The van der Waals surface area contributed by atoms with Crippen LogP contribution in [0.2, 0.25) is 0 Å². The van der Waals surface area contributed by atoms with Gasteiger partial charge in [-0.05, 0) is 6.92 Å². The molecule has 0 aromatic carbocycles. The summed E-state index contributed by atoms with van der Waals surface area (Å²) in [6.07, 6.45) is 1.33. The topological polar surface area (TPSA) is 106 Å². The number of aryl methyl sites for hydroxylation is 2. The number of hydrogen-bond acceptors (Lipinski definition) is 6. The van der Waals surface area contributed by atoms with Crippen LogP contribution in [0, 0.1) is 6.92 Å². The SMILES string of the molecule is Cc1noc(CNCc2c(C(=O)O)cnn2C)n1. The van der Waals surface area contributed by atoms with Gasteiger partial charge in [-0.25, -0.2) is 4.79 Å². The molecular weight excluding hydrogens is 238 g/mol. The molecule has 18 heavy (non-hydrogen) atoms. The van der Waals surface area contributed by atoms with Crippen LogP contribution in [-0.2, 0) is 20.1 Å². The molecule has 0 saturated heterocycles. The molecule has 0 unspecified atom stereocenters. The van der Waals surface area contributed by atoms with Crippen molar-refractivity contribution in [2.24, 2.45) is 7.05 Å². The maximum absolute atomic E-state index is 10.9. The minimum absolute atomic E-state index is 0.187. The zero-order chi connectivity index (χ0) is 13.1. The zero-order valence-corrected chi connectivity index (χ0v) is 10.0. The van der Waals surface area contributed by atoms with Crippen LogP contribution in [0.4, 0.5) is 0 Å². The van der Waals surface area contributed by atoms with Crippen LogP contribution in [0.15, 0.2) is 10.7 Å². The molecule has 96 valence electrons. The van der Waals surface area contributed by atoms with Crippen molar-refractivity contribution in [3.63, 3.8) is 0 Å². The van der Waals surface area contributed by atoms with Crippen LogP contribution in [0.25, 0.3) is 0 Å². The molecule has 8 heteroatoms. The van der Waals surface area contributed by atoms with Gasteiger partial charge in [0.25, 0.3) is 0 Å². The third-order valence-corrected chi connectivity index (χ3v) is 2.43. The number of hydrogen-bond donors (Lipinski definition) is 2. The second kappa shape index (κ2) is 4.96. The summed E-state index contributed by atoms with van der Waals surface area (Å²) in [4.78, 5) is 15.0. The smallest absolute Gasteiger partial charge is 0.339 e. The Hall–Kier alpha value is -2.22. The van der Waals surface area contributed by atoms with Crippen molar-refractivity contribution < 1.29 is 14.4 Å². The lowest BCUT2D eigenvalue weighted by molar-refractivity contribution is 0.0695. The Balaban J connectivity index is 1.98. The van der Waals surface area contributed by atoms with E-state index >= 15 is 0 Å². The Morgan fingerprint density at radius 2 is 2.33 bits per heavy atom. The molecule has 0 saturated carbocycles. The van der Waals surface area contributed by atoms with Crippen LogP contribution in [0.3, 0.4) is 0 Å². The molecule has 0 aliphatic heterocycles. The van der Waals surface area contributed by atoms with E-state index in [1.807, 2.05) is 0 Å². The minimum atomic E-state index is -0.992. The minimum Gasteiger partial charge on any atom is -0.478 e. The van der Waals surface area contributed by atoms with E-state index in [9.17, 15) is 4.79 Å². The van der Waals surface area contributed by atoms with Gasteiger partial charge in [-0.15, -0.1) is 0 Å². The Morgan fingerprint density at radius 3 is 2.94 bits per heavy atom. The van der Waals surface area contributed by atoms with E-state index in [4.69, 9.17) is 9.63 Å². The molecular formula is C10H13N5O3. The molecule has 2 heterocycles. The van der Waals surface area contributed by atoms with E-state index in [0.717, 1.165) is 0 Å². The lowest BCUT2D eigenvalue weighted by Gasteiger charge is -2.04. The monoisotopic (exact) mass is 251 g/mol. The first-order chi connectivity index (χ1) is 8.58. The first-order valence-electron chi connectivity index (χ1n) is 5.32. The average Bonchev–Trinajstić information content (AvgIpc) is 2.87. The van der Waals surface area contributed by atoms with E-state index in [2.05, 4.69) is 20.6 Å². The largest absolute Gasteiger partial charge is 0.478 e. The highest BCUT2D eigenvalue weighted by Gasteiger charge is 2.14. The second-order valence-corrected chi connectivity index (χ2v) is 3.77. The Labute approximate surface area is 103 Å². The summed E-state index contributed by atoms with van der Waals surface area (Å²) in [5.74, 6) is 0.0404. The highest BCUT2D eigenvalue weighted by atomic mass is 16.5. The van der Waals surface area contributed by atoms with Crippen LogP contribution >= 0.6 is 0 Å². The summed E-state index contributed by atoms with van der Waals surface area (Å²) in [5, 5.41) is 19.6. The third-order valence-electron chi connectivity index (χ3n) is 2.43. The average molecular weight is 251 g/mol. The zero-order valence-electron chi connectivity index (χ0n) is 10.0. The van der Waals surface area contributed by atoms with Gasteiger partial charge in [0, 0.05) is 13.6 Å². The molecule has 0 spiro atoms. The fourth-order valence-corrected chi connectivity index (χ4v) is 1.55. The molecule has 0 radical (unpaired) electrons. The predicted octanol–water partition coefficient (Wildman–Crippen LogP) is 0.0995. The van der Waals surface area contributed by atoms with Gasteiger partial charge in [0.05, 0.1) is 18.4 Å². The van der Waals surface area contributed by atoms with Gasteiger partial charge >= 0.3 is 5.97 Å². The fourth-order valence-electron chi connectivity index (χ4n) is 1.55. The summed E-state index contributed by atoms with van der Waals surface area (Å²) in [5.41, 5.74) is 0.783. The molecule has 8 nitrogen and oxygen atoms in total. The number of carbonyl (C=O) groups is 1. The molecule has 0 amide bonds. The fraction of sp³-hybridized carbons (Fsp3) is 0.400. The van der Waals surface area contributed by atoms with Crippen molar-refractivity contribution in [3.8, 4) is 0 Å². The summed E-state index contributed by atoms with van der Waals surface area (Å²) in [6.45, 7) is 2.47. The standard InChI is InChI=1S/C10H13N5O3/c1-6-13-9(18-14-6)5-11-4-8-7(10(16)17)3-12-15(8)2/h3,11H,4-5H2,1-2H3,(H,16,17). The molecule has 2 N–H and O–H groups in total. The van der Waals surface area contributed by atoms with Crippen LogP contribution < -0.4 is 5.32 Å². The van der Waals surface area contributed by atoms with E-state index in [-0.39, 0.29) is 5.56 Å². The third kappa shape index (κ3) is 2.54. The van der Waals surface area contributed by atoms with E-state index in [1.165, 1.54) is 10.9 Å². The molecule has 0 aliphatic rings. The van der Waals surface area contributed by atoms with Gasteiger partial charge in [0.15, 0.2) is 5.82 Å². The Morgan fingerprint density at radius 1 is 1.56 bits per heavy atom. The van der Waals surface area contributed by atoms with E-state index < -0.39 is 5.97 Å². The summed E-state index contributed by atoms with van der Waals surface area (Å²) < 4.78 is 6.45. The first kappa shape index (κ1) is 12.2. The molecule has 0 aliphatic carbocycles. The van der Waals surface area contributed by atoms with Gasteiger partial charge in [-0.1, -0.05) is 5.16 Å². The van der Waals surface area contributed by atoms with Crippen molar-refractivity contribution in [1.82, 2.24) is 25.2 Å². The quantitative estimate of drug-likeness (QED) is 0.776. The Bertz CT molecular complexity index is 560. The lowest BCUT2D eigenvalue weighted by Crippen LogP contribution is -2.17. The highest BCUT2D eigenvalue weighted by Crippen LogP contribution is 2.07. The predicted molar refractivity (Wildman–Crippen MR) is 59.7 cm³/mol. The van der Waals surface area contributed by atoms with Crippen LogP contribution in [0.5, 0.6) is 0 Å². The number of nitrogens with zero attached hydrogens (tertiary/aromatic N) is 4. The summed E-state index contributed by atoms with van der Waals surface area (Å²) in [7, 11) is 1.69. The van der Waals surface area contributed by atoms with E-state index in [0.29, 0.717) is 30.5 Å². The second-order valence-electron chi connectivity index (χ2n) is 3.77. The first-order valence-corrected chi connectivity index (χ1v) is 5.32. The highest BCUT2D eigenvalue weighted by molar-refractivity contribution is 5.88. The molecule has 0 bridgehead atoms. The number of rotatable bonds is 5. The van der Waals surface area contributed by atoms with Gasteiger partial charge in [0.2, 0.25) is 5.89 Å². The molecule has 2 rings (SSSR count). The maximum atomic E-state index is 10.9. The van der Waals surface area contributed by atoms with Crippen molar-refractivity contribution in [1.29, 1.82) is 0 Å². The van der Waals surface area contributed by atoms with Crippen molar-refractivity contribution in [2.45, 2.75) is 20.0 Å². The van der Waals surface area contributed by atoms with Crippen molar-refractivity contribution in [2.75, 3.05) is 0 Å². The van der Waals surface area contributed by atoms with Crippen molar-refractivity contribution in [3.05, 3.63) is 29.2 Å². The van der Waals surface area contributed by atoms with Crippen LogP contribution in [-0.4, -0.2) is 31.0 Å². The normalized spacial score (nSPS) is 10.8. The summed E-state index contributed by atoms with van der Waals surface area (Å²) in [6, 6.07) is 0. The molecule has 0 fully saturated rings. The maximum Gasteiger partial charge on any atom is 0.339 e. The Kier molecular flexibility index (Phi) is 3.38. The number of nitrogens with one attached hydrogen (secondary N) is 1. The molecule has 2 aromatic heterocycles. The van der Waals surface area contributed by atoms with Gasteiger partial charge in [0.1, 0.15) is 5.56 Å². The van der Waals surface area contributed by atoms with Crippen LogP contribution in [0.1, 0.15) is 27.8 Å².